The van der Waals surface area contributed by atoms with Crippen LogP contribution in [0, 0.1) is 0 Å². The first-order valence-corrected chi connectivity index (χ1v) is 5.83. The summed E-state index contributed by atoms with van der Waals surface area (Å²) in [6, 6.07) is 0. The summed E-state index contributed by atoms with van der Waals surface area (Å²) in [5.74, 6) is 0.559. The minimum Gasteiger partial charge on any atom is -0.330 e. The number of alkyl halides is 1. The minimum absolute atomic E-state index is 0.132. The molecule has 6 heteroatoms. The molecule has 0 aliphatic heterocycles. The summed E-state index contributed by atoms with van der Waals surface area (Å²) in [7, 11) is -3.67. The van der Waals surface area contributed by atoms with Crippen LogP contribution in [-0.2, 0) is 10.1 Å². The van der Waals surface area contributed by atoms with E-state index in [1.165, 1.54) is 0 Å². The van der Waals surface area contributed by atoms with Crippen LogP contribution < -0.4 is 5.73 Å². The highest BCUT2D eigenvalue weighted by Gasteiger charge is 1.98. The normalized spacial score (nSPS) is 10.3. The Hall–Kier alpha value is 0.160. The Morgan fingerprint density at radius 2 is 2.00 bits per heavy atom. The second-order valence-electron chi connectivity index (χ2n) is 2.12. The third-order valence-corrected chi connectivity index (χ3v) is 1.99. The average Bonchev–Trinajstić information content (AvgIpc) is 1.87. The maximum absolute atomic E-state index is 9.79. The monoisotopic (exact) mass is 217 g/mol. The topological polar surface area (TPSA) is 80.4 Å². The predicted octanol–water partition coefficient (Wildman–Crippen LogP) is 0.858. The number of halogens is 1. The van der Waals surface area contributed by atoms with E-state index >= 15 is 0 Å². The zero-order chi connectivity index (χ0) is 10.0. The fourth-order valence-corrected chi connectivity index (χ4v) is 1.01. The molecule has 0 aliphatic carbocycles. The van der Waals surface area contributed by atoms with Crippen LogP contribution in [0.2, 0.25) is 0 Å². The zero-order valence-corrected chi connectivity index (χ0v) is 8.74. The molecule has 0 saturated heterocycles. The molecule has 12 heavy (non-hydrogen) atoms. The van der Waals surface area contributed by atoms with Gasteiger partial charge in [0.25, 0.3) is 10.1 Å². The van der Waals surface area contributed by atoms with Crippen LogP contribution in [0.4, 0.5) is 0 Å². The van der Waals surface area contributed by atoms with Gasteiger partial charge in [-0.15, -0.1) is 11.6 Å². The van der Waals surface area contributed by atoms with Gasteiger partial charge < -0.3 is 5.73 Å². The second-order valence-corrected chi connectivity index (χ2v) is 4.07. The molecule has 3 N–H and O–H groups in total. The number of rotatable bonds is 4. The van der Waals surface area contributed by atoms with E-state index in [0.717, 1.165) is 6.42 Å². The molecular formula is C6H16ClNO3S. The molecule has 76 valence electrons. The van der Waals surface area contributed by atoms with E-state index in [4.69, 9.17) is 21.9 Å². The summed E-state index contributed by atoms with van der Waals surface area (Å²) in [4.78, 5) is 0. The van der Waals surface area contributed by atoms with E-state index in [1.807, 2.05) is 0 Å². The predicted molar refractivity (Wildman–Crippen MR) is 51.1 cm³/mol. The van der Waals surface area contributed by atoms with Gasteiger partial charge in [-0.3, -0.25) is 4.55 Å². The van der Waals surface area contributed by atoms with Gasteiger partial charge in [0.15, 0.2) is 0 Å². The summed E-state index contributed by atoms with van der Waals surface area (Å²) >= 11 is 5.22. The molecule has 0 unspecified atom stereocenters. The molecule has 0 rings (SSSR count). The zero-order valence-electron chi connectivity index (χ0n) is 7.16. The first-order chi connectivity index (χ1) is 5.47. The van der Waals surface area contributed by atoms with Crippen molar-refractivity contribution in [1.29, 1.82) is 0 Å². The van der Waals surface area contributed by atoms with Gasteiger partial charge in [-0.25, -0.2) is 0 Å². The fraction of sp³-hybridized carbons (Fsp3) is 1.00. The summed E-state index contributed by atoms with van der Waals surface area (Å²) in [5, 5.41) is 0. The largest absolute Gasteiger partial charge is 0.330 e. The van der Waals surface area contributed by atoms with Crippen molar-refractivity contribution < 1.29 is 13.0 Å². The van der Waals surface area contributed by atoms with Crippen molar-refractivity contribution in [3.63, 3.8) is 0 Å². The van der Waals surface area contributed by atoms with Crippen molar-refractivity contribution in [2.24, 2.45) is 5.73 Å². The Labute approximate surface area is 78.8 Å². The van der Waals surface area contributed by atoms with E-state index in [9.17, 15) is 8.42 Å². The van der Waals surface area contributed by atoms with Gasteiger partial charge in [0.05, 0.1) is 5.75 Å². The van der Waals surface area contributed by atoms with E-state index in [0.29, 0.717) is 18.8 Å². The van der Waals surface area contributed by atoms with E-state index in [1.54, 1.807) is 6.92 Å². The lowest BCUT2D eigenvalue weighted by atomic mass is 10.5. The number of nitrogens with two attached hydrogens (primary N) is 1. The molecule has 4 nitrogen and oxygen atoms in total. The molecule has 0 saturated carbocycles. The molecule has 0 aliphatic rings. The smallest absolute Gasteiger partial charge is 0.264 e. The van der Waals surface area contributed by atoms with E-state index in [2.05, 4.69) is 0 Å². The van der Waals surface area contributed by atoms with Crippen LogP contribution in [0.3, 0.4) is 0 Å². The van der Waals surface area contributed by atoms with E-state index in [-0.39, 0.29) is 5.75 Å². The highest BCUT2D eigenvalue weighted by Crippen LogP contribution is 1.83. The standard InChI is InChI=1S/C3H8ClN.C3H8O3S/c4-2-1-3-5;1-2-3-7(4,5)6/h1-3,5H2;2-3H2,1H3,(H,4,5,6). The summed E-state index contributed by atoms with van der Waals surface area (Å²) in [5.41, 5.74) is 5.05. The van der Waals surface area contributed by atoms with Gasteiger partial charge in [0.1, 0.15) is 0 Å². The lowest BCUT2D eigenvalue weighted by molar-refractivity contribution is 0.482. The van der Waals surface area contributed by atoms with Crippen LogP contribution >= 0.6 is 11.6 Å². The van der Waals surface area contributed by atoms with Gasteiger partial charge in [0.2, 0.25) is 0 Å². The van der Waals surface area contributed by atoms with Crippen molar-refractivity contribution in [2.75, 3.05) is 18.2 Å². The maximum Gasteiger partial charge on any atom is 0.264 e. The SMILES string of the molecule is CCCS(=O)(=O)O.NCCCCl. The van der Waals surface area contributed by atoms with Crippen LogP contribution in [0.15, 0.2) is 0 Å². The molecular weight excluding hydrogens is 202 g/mol. The fourth-order valence-electron chi connectivity index (χ4n) is 0.335. The summed E-state index contributed by atoms with van der Waals surface area (Å²) < 4.78 is 27.6. The molecule has 0 radical (unpaired) electrons. The molecule has 0 aromatic carbocycles. The molecule has 0 fully saturated rings. The minimum atomic E-state index is -3.67. The van der Waals surface area contributed by atoms with Crippen molar-refractivity contribution in [3.8, 4) is 0 Å². The van der Waals surface area contributed by atoms with Gasteiger partial charge in [-0.1, -0.05) is 6.92 Å². The van der Waals surface area contributed by atoms with Crippen LogP contribution in [0.1, 0.15) is 19.8 Å². The summed E-state index contributed by atoms with van der Waals surface area (Å²) in [6.45, 7) is 2.40. The first-order valence-electron chi connectivity index (χ1n) is 3.69. The van der Waals surface area contributed by atoms with E-state index < -0.39 is 10.1 Å². The second kappa shape index (κ2) is 9.25. The summed E-state index contributed by atoms with van der Waals surface area (Å²) in [6.07, 6.45) is 1.40. The Bertz CT molecular complexity index is 168. The molecule has 0 aromatic heterocycles. The van der Waals surface area contributed by atoms with Crippen LogP contribution in [0.5, 0.6) is 0 Å². The third-order valence-electron chi connectivity index (χ3n) is 0.800. The van der Waals surface area contributed by atoms with Gasteiger partial charge >= 0.3 is 0 Å². The van der Waals surface area contributed by atoms with Crippen LogP contribution in [-0.4, -0.2) is 31.1 Å². The van der Waals surface area contributed by atoms with Gasteiger partial charge in [0, 0.05) is 5.88 Å². The van der Waals surface area contributed by atoms with Crippen molar-refractivity contribution >= 4 is 21.7 Å². The van der Waals surface area contributed by atoms with Crippen molar-refractivity contribution in [3.05, 3.63) is 0 Å². The lowest BCUT2D eigenvalue weighted by Crippen LogP contribution is -2.01. The maximum atomic E-state index is 9.79. The molecule has 0 amide bonds. The van der Waals surface area contributed by atoms with Crippen molar-refractivity contribution in [1.82, 2.24) is 0 Å². The Balaban J connectivity index is 0. The van der Waals surface area contributed by atoms with Gasteiger partial charge in [-0.05, 0) is 19.4 Å². The van der Waals surface area contributed by atoms with Crippen molar-refractivity contribution in [2.45, 2.75) is 19.8 Å². The molecule has 0 heterocycles. The lowest BCUT2D eigenvalue weighted by Gasteiger charge is -1.85. The highest BCUT2D eigenvalue weighted by molar-refractivity contribution is 7.85. The molecule has 0 spiro atoms. The average molecular weight is 218 g/mol. The number of hydrogen-bond acceptors (Lipinski definition) is 3. The molecule has 0 bridgehead atoms. The van der Waals surface area contributed by atoms with Gasteiger partial charge in [-0.2, -0.15) is 8.42 Å². The third kappa shape index (κ3) is 22.5. The Morgan fingerprint density at radius 3 is 2.00 bits per heavy atom. The number of hydrogen-bond donors (Lipinski definition) is 2. The Kier molecular flexibility index (Phi) is 11.3. The van der Waals surface area contributed by atoms with Crippen LogP contribution in [0.25, 0.3) is 0 Å². The highest BCUT2D eigenvalue weighted by atomic mass is 35.5. The Morgan fingerprint density at radius 1 is 1.50 bits per heavy atom. The molecule has 0 aromatic rings. The molecule has 0 atom stereocenters. The quantitative estimate of drug-likeness (QED) is 0.541. The first kappa shape index (κ1) is 14.7.